The predicted molar refractivity (Wildman–Crippen MR) is 63.4 cm³/mol. The van der Waals surface area contributed by atoms with E-state index in [0.717, 1.165) is 6.07 Å². The molecule has 1 aliphatic rings. The first-order valence-electron chi connectivity index (χ1n) is 5.61. The number of rotatable bonds is 3. The van der Waals surface area contributed by atoms with Crippen LogP contribution in [0.5, 0.6) is 0 Å². The molecule has 0 aromatic heterocycles. The summed E-state index contributed by atoms with van der Waals surface area (Å²) in [6, 6.07) is 2.93. The minimum atomic E-state index is -3.54. The molecule has 1 aromatic carbocycles. The predicted octanol–water partition coefficient (Wildman–Crippen LogP) is 0.700. The van der Waals surface area contributed by atoms with Crippen molar-refractivity contribution in [2.24, 2.45) is 0 Å². The molecule has 1 aromatic rings. The van der Waals surface area contributed by atoms with Crippen molar-refractivity contribution in [2.45, 2.75) is 5.75 Å². The molecule has 1 saturated heterocycles. The average molecular weight is 276 g/mol. The summed E-state index contributed by atoms with van der Waals surface area (Å²) in [5, 5.41) is 3.04. The van der Waals surface area contributed by atoms with Gasteiger partial charge in [0, 0.05) is 37.8 Å². The lowest BCUT2D eigenvalue weighted by molar-refractivity contribution is 0.359. The Bertz CT molecular complexity index is 528. The fourth-order valence-electron chi connectivity index (χ4n) is 1.85. The minimum absolute atomic E-state index is 0.00469. The molecule has 0 amide bonds. The smallest absolute Gasteiger partial charge is 0.218 e. The van der Waals surface area contributed by atoms with Crippen molar-refractivity contribution in [2.75, 3.05) is 26.2 Å². The van der Waals surface area contributed by atoms with E-state index < -0.39 is 27.4 Å². The van der Waals surface area contributed by atoms with Gasteiger partial charge in [-0.25, -0.2) is 17.2 Å². The highest BCUT2D eigenvalue weighted by atomic mass is 32.2. The van der Waals surface area contributed by atoms with Crippen LogP contribution < -0.4 is 5.32 Å². The van der Waals surface area contributed by atoms with Crippen LogP contribution in [0.3, 0.4) is 0 Å². The molecule has 1 aliphatic heterocycles. The number of hydrogen-bond acceptors (Lipinski definition) is 3. The van der Waals surface area contributed by atoms with Gasteiger partial charge in [-0.05, 0) is 6.07 Å². The Morgan fingerprint density at radius 3 is 2.50 bits per heavy atom. The van der Waals surface area contributed by atoms with Gasteiger partial charge in [0.15, 0.2) is 0 Å². The van der Waals surface area contributed by atoms with Gasteiger partial charge in [-0.15, -0.1) is 0 Å². The van der Waals surface area contributed by atoms with Gasteiger partial charge in [-0.2, -0.15) is 4.31 Å². The lowest BCUT2D eigenvalue weighted by Gasteiger charge is -2.26. The van der Waals surface area contributed by atoms with Crippen LogP contribution in [-0.2, 0) is 15.8 Å². The normalized spacial score (nSPS) is 17.9. The number of nitrogens with zero attached hydrogens (tertiary/aromatic N) is 1. The zero-order chi connectivity index (χ0) is 13.2. The van der Waals surface area contributed by atoms with E-state index in [0.29, 0.717) is 32.2 Å². The van der Waals surface area contributed by atoms with Gasteiger partial charge in [0.05, 0.1) is 5.75 Å². The van der Waals surface area contributed by atoms with Crippen LogP contribution in [-0.4, -0.2) is 38.9 Å². The van der Waals surface area contributed by atoms with Gasteiger partial charge in [0.1, 0.15) is 11.6 Å². The number of benzene rings is 1. The highest BCUT2D eigenvalue weighted by Gasteiger charge is 2.25. The lowest BCUT2D eigenvalue weighted by atomic mass is 10.2. The summed E-state index contributed by atoms with van der Waals surface area (Å²) in [5.41, 5.74) is -0.00469. The number of halogens is 2. The first-order valence-corrected chi connectivity index (χ1v) is 7.22. The Hall–Kier alpha value is -1.05. The third-order valence-corrected chi connectivity index (χ3v) is 4.65. The summed E-state index contributed by atoms with van der Waals surface area (Å²) in [5.74, 6) is -1.97. The van der Waals surface area contributed by atoms with Gasteiger partial charge >= 0.3 is 0 Å². The lowest BCUT2D eigenvalue weighted by Crippen LogP contribution is -2.46. The van der Waals surface area contributed by atoms with Gasteiger partial charge in [-0.3, -0.25) is 0 Å². The van der Waals surface area contributed by atoms with E-state index in [4.69, 9.17) is 0 Å². The van der Waals surface area contributed by atoms with Crippen LogP contribution in [0, 0.1) is 11.6 Å². The van der Waals surface area contributed by atoms with Crippen LogP contribution in [0.1, 0.15) is 5.56 Å². The van der Waals surface area contributed by atoms with Crippen LogP contribution >= 0.6 is 0 Å². The number of nitrogens with one attached hydrogen (secondary N) is 1. The second-order valence-electron chi connectivity index (χ2n) is 4.14. The largest absolute Gasteiger partial charge is 0.314 e. The molecule has 1 N–H and O–H groups in total. The van der Waals surface area contributed by atoms with Gasteiger partial charge in [-0.1, -0.05) is 6.07 Å². The standard InChI is InChI=1S/C11H14F2N2O2S/c12-10-2-1-9(11(13)7-10)8-18(16,17)15-5-3-14-4-6-15/h1-2,7,14H,3-6,8H2. The molecular formula is C11H14F2N2O2S. The van der Waals surface area contributed by atoms with E-state index in [2.05, 4.69) is 5.32 Å². The van der Waals surface area contributed by atoms with Crippen molar-refractivity contribution in [3.8, 4) is 0 Å². The molecule has 1 heterocycles. The maximum atomic E-state index is 13.4. The number of hydrogen-bond donors (Lipinski definition) is 1. The second kappa shape index (κ2) is 5.29. The van der Waals surface area contributed by atoms with Crippen LogP contribution in [0.15, 0.2) is 18.2 Å². The van der Waals surface area contributed by atoms with E-state index in [1.165, 1.54) is 10.4 Å². The molecule has 7 heteroatoms. The van der Waals surface area contributed by atoms with Crippen molar-refractivity contribution in [3.63, 3.8) is 0 Å². The maximum Gasteiger partial charge on any atom is 0.218 e. The topological polar surface area (TPSA) is 49.4 Å². The fourth-order valence-corrected chi connectivity index (χ4v) is 3.40. The van der Waals surface area contributed by atoms with E-state index in [1.807, 2.05) is 0 Å². The Balaban J connectivity index is 2.16. The molecule has 0 saturated carbocycles. The highest BCUT2D eigenvalue weighted by molar-refractivity contribution is 7.88. The van der Waals surface area contributed by atoms with Crippen LogP contribution in [0.4, 0.5) is 8.78 Å². The second-order valence-corrected chi connectivity index (χ2v) is 6.11. The van der Waals surface area contributed by atoms with Crippen LogP contribution in [0.2, 0.25) is 0 Å². The van der Waals surface area contributed by atoms with Crippen molar-refractivity contribution in [1.82, 2.24) is 9.62 Å². The first kappa shape index (κ1) is 13.4. The minimum Gasteiger partial charge on any atom is -0.314 e. The average Bonchev–Trinajstić information content (AvgIpc) is 2.34. The van der Waals surface area contributed by atoms with Crippen molar-refractivity contribution < 1.29 is 17.2 Å². The van der Waals surface area contributed by atoms with E-state index in [-0.39, 0.29) is 5.56 Å². The summed E-state index contributed by atoms with van der Waals surface area (Å²) >= 11 is 0. The summed E-state index contributed by atoms with van der Waals surface area (Å²) in [4.78, 5) is 0. The zero-order valence-electron chi connectivity index (χ0n) is 9.70. The molecule has 18 heavy (non-hydrogen) atoms. The van der Waals surface area contributed by atoms with E-state index in [1.54, 1.807) is 0 Å². The van der Waals surface area contributed by atoms with Gasteiger partial charge in [0.2, 0.25) is 10.0 Å². The van der Waals surface area contributed by atoms with Gasteiger partial charge in [0.25, 0.3) is 0 Å². The Morgan fingerprint density at radius 1 is 1.22 bits per heavy atom. The third-order valence-electron chi connectivity index (χ3n) is 2.82. The summed E-state index contributed by atoms with van der Waals surface area (Å²) < 4.78 is 51.5. The molecule has 0 aliphatic carbocycles. The quantitative estimate of drug-likeness (QED) is 0.884. The van der Waals surface area contributed by atoms with E-state index >= 15 is 0 Å². The SMILES string of the molecule is O=S(=O)(Cc1ccc(F)cc1F)N1CCNCC1. The molecule has 1 fully saturated rings. The summed E-state index contributed by atoms with van der Waals surface area (Å²) in [7, 11) is -3.54. The molecule has 0 atom stereocenters. The Kier molecular flexibility index (Phi) is 3.94. The molecule has 4 nitrogen and oxygen atoms in total. The molecule has 2 rings (SSSR count). The number of piperazine rings is 1. The molecule has 0 bridgehead atoms. The third kappa shape index (κ3) is 3.04. The maximum absolute atomic E-state index is 13.4. The molecular weight excluding hydrogens is 262 g/mol. The van der Waals surface area contributed by atoms with Crippen molar-refractivity contribution in [1.29, 1.82) is 0 Å². The Labute approximate surface area is 105 Å². The monoisotopic (exact) mass is 276 g/mol. The summed E-state index contributed by atoms with van der Waals surface area (Å²) in [6.07, 6.45) is 0. The molecule has 0 unspecified atom stereocenters. The first-order chi connectivity index (χ1) is 8.49. The molecule has 100 valence electrons. The van der Waals surface area contributed by atoms with Crippen molar-refractivity contribution >= 4 is 10.0 Å². The van der Waals surface area contributed by atoms with Gasteiger partial charge < -0.3 is 5.32 Å². The Morgan fingerprint density at radius 2 is 1.89 bits per heavy atom. The highest BCUT2D eigenvalue weighted by Crippen LogP contribution is 2.15. The molecule has 0 radical (unpaired) electrons. The summed E-state index contributed by atoms with van der Waals surface area (Å²) in [6.45, 7) is 1.94. The van der Waals surface area contributed by atoms with Crippen molar-refractivity contribution in [3.05, 3.63) is 35.4 Å². The zero-order valence-corrected chi connectivity index (χ0v) is 10.5. The van der Waals surface area contributed by atoms with E-state index in [9.17, 15) is 17.2 Å². The van der Waals surface area contributed by atoms with Crippen LogP contribution in [0.25, 0.3) is 0 Å². The number of sulfonamides is 1. The fraction of sp³-hybridized carbons (Fsp3) is 0.455. The molecule has 0 spiro atoms.